The smallest absolute Gasteiger partial charge is 0.319 e. The largest absolute Gasteiger partial charge is 0.357 e. The number of carbonyl (C=O) groups excluding carboxylic acids is 1. The maximum absolute atomic E-state index is 11.5. The van der Waals surface area contributed by atoms with E-state index >= 15 is 0 Å². The highest BCUT2D eigenvalue weighted by Gasteiger charge is 2.37. The number of carbonyl (C=O) groups is 1. The average Bonchev–Trinajstić information content (AvgIpc) is 2.19. The summed E-state index contributed by atoms with van der Waals surface area (Å²) in [5.41, 5.74) is 0. The van der Waals surface area contributed by atoms with Gasteiger partial charge in [-0.05, 0) is 0 Å². The first-order valence-corrected chi connectivity index (χ1v) is 6.55. The molecule has 11 heteroatoms. The minimum Gasteiger partial charge on any atom is -0.357 e. The molecule has 0 fully saturated rings. The lowest BCUT2D eigenvalue weighted by molar-refractivity contribution is 0.0660. The standard InChI is InChI=1S/C7H10Cl6N2O3/c1-17-3(6(8,9)10)14-5(16)15-4(18-2)7(11,12)13/h3-4H,1-2H3,(H2,14,15,16). The van der Waals surface area contributed by atoms with Crippen molar-refractivity contribution in [3.63, 3.8) is 0 Å². The van der Waals surface area contributed by atoms with Crippen LogP contribution in [0.2, 0.25) is 0 Å². The molecule has 0 heterocycles. The van der Waals surface area contributed by atoms with Crippen molar-refractivity contribution in [1.29, 1.82) is 0 Å². The van der Waals surface area contributed by atoms with E-state index < -0.39 is 26.1 Å². The normalized spacial score (nSPS) is 16.0. The first-order valence-electron chi connectivity index (χ1n) is 4.28. The summed E-state index contributed by atoms with van der Waals surface area (Å²) in [5.74, 6) is 0. The summed E-state index contributed by atoms with van der Waals surface area (Å²) >= 11 is 33.3. The summed E-state index contributed by atoms with van der Waals surface area (Å²) in [5, 5.41) is 4.44. The van der Waals surface area contributed by atoms with E-state index in [9.17, 15) is 4.79 Å². The zero-order valence-corrected chi connectivity index (χ0v) is 13.7. The quantitative estimate of drug-likeness (QED) is 0.580. The molecule has 0 spiro atoms. The van der Waals surface area contributed by atoms with Crippen LogP contribution in [0.5, 0.6) is 0 Å². The maximum atomic E-state index is 11.5. The van der Waals surface area contributed by atoms with E-state index in [1.807, 2.05) is 0 Å². The van der Waals surface area contributed by atoms with Crippen LogP contribution in [0.3, 0.4) is 0 Å². The number of halogens is 6. The van der Waals surface area contributed by atoms with E-state index in [0.29, 0.717) is 0 Å². The van der Waals surface area contributed by atoms with Gasteiger partial charge in [0.25, 0.3) is 0 Å². The summed E-state index contributed by atoms with van der Waals surface area (Å²) in [4.78, 5) is 11.5. The highest BCUT2D eigenvalue weighted by atomic mass is 35.6. The Morgan fingerprint density at radius 1 is 0.889 bits per heavy atom. The summed E-state index contributed by atoms with van der Waals surface area (Å²) in [7, 11) is 2.49. The van der Waals surface area contributed by atoms with Crippen LogP contribution in [-0.2, 0) is 9.47 Å². The monoisotopic (exact) mass is 380 g/mol. The van der Waals surface area contributed by atoms with Gasteiger partial charge in [0.05, 0.1) is 0 Å². The van der Waals surface area contributed by atoms with Crippen LogP contribution in [0.25, 0.3) is 0 Å². The molecule has 0 aromatic rings. The van der Waals surface area contributed by atoms with E-state index in [0.717, 1.165) is 0 Å². The lowest BCUT2D eigenvalue weighted by Gasteiger charge is -2.27. The lowest BCUT2D eigenvalue weighted by Crippen LogP contribution is -2.54. The van der Waals surface area contributed by atoms with E-state index in [-0.39, 0.29) is 0 Å². The van der Waals surface area contributed by atoms with Crippen LogP contribution in [0.15, 0.2) is 0 Å². The van der Waals surface area contributed by atoms with Gasteiger partial charge in [0, 0.05) is 14.2 Å². The van der Waals surface area contributed by atoms with E-state index in [1.54, 1.807) is 0 Å². The van der Waals surface area contributed by atoms with Gasteiger partial charge in [-0.3, -0.25) is 0 Å². The third-order valence-electron chi connectivity index (χ3n) is 1.59. The van der Waals surface area contributed by atoms with Crippen molar-refractivity contribution in [2.24, 2.45) is 0 Å². The van der Waals surface area contributed by atoms with Crippen molar-refractivity contribution in [3.8, 4) is 0 Å². The predicted molar refractivity (Wildman–Crippen MR) is 73.8 cm³/mol. The van der Waals surface area contributed by atoms with Crippen molar-refractivity contribution in [2.75, 3.05) is 14.2 Å². The van der Waals surface area contributed by atoms with Crippen LogP contribution < -0.4 is 10.6 Å². The fourth-order valence-corrected chi connectivity index (χ4v) is 1.69. The molecule has 0 aliphatic rings. The second-order valence-corrected chi connectivity index (χ2v) is 7.67. The average molecular weight is 383 g/mol. The molecule has 2 amide bonds. The summed E-state index contributed by atoms with van der Waals surface area (Å²) < 4.78 is 5.85. The molecule has 18 heavy (non-hydrogen) atoms. The molecule has 0 rings (SSSR count). The van der Waals surface area contributed by atoms with Crippen molar-refractivity contribution in [3.05, 3.63) is 0 Å². The number of alkyl halides is 6. The van der Waals surface area contributed by atoms with Crippen LogP contribution in [0.1, 0.15) is 0 Å². The van der Waals surface area contributed by atoms with Gasteiger partial charge in [0.2, 0.25) is 7.59 Å². The Morgan fingerprint density at radius 2 is 1.17 bits per heavy atom. The molecule has 0 aliphatic carbocycles. The third kappa shape index (κ3) is 6.91. The van der Waals surface area contributed by atoms with Gasteiger partial charge in [0.15, 0.2) is 12.5 Å². The van der Waals surface area contributed by atoms with Gasteiger partial charge in [-0.2, -0.15) is 0 Å². The van der Waals surface area contributed by atoms with Gasteiger partial charge in [-0.1, -0.05) is 69.6 Å². The summed E-state index contributed by atoms with van der Waals surface area (Å²) in [6.45, 7) is 0. The minimum atomic E-state index is -1.85. The zero-order chi connectivity index (χ0) is 14.6. The summed E-state index contributed by atoms with van der Waals surface area (Å²) in [6.07, 6.45) is -2.37. The Labute approximate surface area is 134 Å². The Morgan fingerprint density at radius 3 is 1.33 bits per heavy atom. The molecule has 0 saturated heterocycles. The molecule has 0 aromatic heterocycles. The second kappa shape index (κ2) is 7.64. The number of urea groups is 1. The van der Waals surface area contributed by atoms with Crippen LogP contribution in [-0.4, -0.2) is 40.3 Å². The minimum absolute atomic E-state index is 0.800. The molecular formula is C7H10Cl6N2O3. The van der Waals surface area contributed by atoms with Crippen LogP contribution in [0.4, 0.5) is 4.79 Å². The van der Waals surface area contributed by atoms with Crippen molar-refractivity contribution in [2.45, 2.75) is 20.0 Å². The first-order chi connectivity index (χ1) is 8.02. The molecule has 2 N–H and O–H groups in total. The molecule has 0 saturated carbocycles. The highest BCUT2D eigenvalue weighted by molar-refractivity contribution is 6.68. The molecule has 2 atom stereocenters. The van der Waals surface area contributed by atoms with Gasteiger partial charge in [0.1, 0.15) is 0 Å². The zero-order valence-electron chi connectivity index (χ0n) is 9.15. The van der Waals surface area contributed by atoms with Gasteiger partial charge >= 0.3 is 6.03 Å². The molecule has 0 aromatic carbocycles. The van der Waals surface area contributed by atoms with E-state index in [1.165, 1.54) is 14.2 Å². The third-order valence-corrected chi connectivity index (χ3v) is 2.78. The van der Waals surface area contributed by atoms with Crippen molar-refractivity contribution in [1.82, 2.24) is 10.6 Å². The molecular weight excluding hydrogens is 373 g/mol. The number of nitrogens with one attached hydrogen (secondary N) is 2. The SMILES string of the molecule is COC(NC(=O)NC(OC)C(Cl)(Cl)Cl)C(Cl)(Cl)Cl. The Kier molecular flexibility index (Phi) is 8.04. The molecule has 0 radical (unpaired) electrons. The fourth-order valence-electron chi connectivity index (χ4n) is 0.829. The molecule has 108 valence electrons. The second-order valence-electron chi connectivity index (χ2n) is 2.93. The topological polar surface area (TPSA) is 59.6 Å². The maximum Gasteiger partial charge on any atom is 0.319 e. The number of rotatable bonds is 4. The molecule has 2 unspecified atom stereocenters. The van der Waals surface area contributed by atoms with Crippen LogP contribution in [0, 0.1) is 0 Å². The predicted octanol–water partition coefficient (Wildman–Crippen LogP) is 2.97. The van der Waals surface area contributed by atoms with Gasteiger partial charge in [-0.25, -0.2) is 4.79 Å². The number of methoxy groups -OCH3 is 2. The van der Waals surface area contributed by atoms with Crippen molar-refractivity contribution >= 4 is 75.6 Å². The molecule has 0 aliphatic heterocycles. The van der Waals surface area contributed by atoms with E-state index in [4.69, 9.17) is 79.1 Å². The van der Waals surface area contributed by atoms with Crippen LogP contribution >= 0.6 is 69.6 Å². The molecule has 5 nitrogen and oxygen atoms in total. The van der Waals surface area contributed by atoms with E-state index in [2.05, 4.69) is 10.6 Å². The Bertz CT molecular complexity index is 253. The Balaban J connectivity index is 4.50. The van der Waals surface area contributed by atoms with Gasteiger partial charge < -0.3 is 20.1 Å². The summed E-state index contributed by atoms with van der Waals surface area (Å²) in [6, 6.07) is -0.800. The first kappa shape index (κ1) is 18.9. The fraction of sp³-hybridized carbons (Fsp3) is 0.857. The van der Waals surface area contributed by atoms with Crippen molar-refractivity contribution < 1.29 is 14.3 Å². The highest BCUT2D eigenvalue weighted by Crippen LogP contribution is 2.31. The Hall–Kier alpha value is 0.930. The number of hydrogen-bond donors (Lipinski definition) is 2. The number of hydrogen-bond acceptors (Lipinski definition) is 3. The lowest BCUT2D eigenvalue weighted by atomic mass is 10.6. The number of ether oxygens (including phenoxy) is 2. The number of amides is 2. The molecule has 0 bridgehead atoms. The van der Waals surface area contributed by atoms with Gasteiger partial charge in [-0.15, -0.1) is 0 Å².